The van der Waals surface area contributed by atoms with Crippen molar-refractivity contribution in [1.82, 2.24) is 4.98 Å². The summed E-state index contributed by atoms with van der Waals surface area (Å²) in [5.74, 6) is -0.215. The number of carbonyl (C=O) groups is 2. The zero-order valence-electron chi connectivity index (χ0n) is 12.6. The second-order valence-electron chi connectivity index (χ2n) is 5.28. The average molecular weight is 339 g/mol. The lowest BCUT2D eigenvalue weighted by molar-refractivity contribution is -0.120. The Morgan fingerprint density at radius 2 is 2.00 bits per heavy atom. The molecule has 7 heteroatoms. The number of carbonyl (C=O) groups excluding carboxylic acids is 2. The monoisotopic (exact) mass is 339 g/mol. The van der Waals surface area contributed by atoms with Crippen LogP contribution in [0, 0.1) is 0 Å². The second kappa shape index (κ2) is 6.01. The molecule has 2 amide bonds. The number of anilines is 2. The molecule has 1 aromatic heterocycles. The van der Waals surface area contributed by atoms with Crippen LogP contribution in [0.1, 0.15) is 0 Å². The van der Waals surface area contributed by atoms with Crippen molar-refractivity contribution in [3.05, 3.63) is 48.5 Å². The third-order valence-corrected chi connectivity index (χ3v) is 4.48. The molecule has 1 aliphatic heterocycles. The first kappa shape index (κ1) is 14.8. The molecule has 4 rings (SSSR count). The summed E-state index contributed by atoms with van der Waals surface area (Å²) in [6, 6.07) is 14.7. The maximum atomic E-state index is 12.6. The molecule has 1 aliphatic rings. The van der Waals surface area contributed by atoms with Gasteiger partial charge in [0.15, 0.2) is 5.58 Å². The molecule has 0 saturated heterocycles. The molecule has 0 unspecified atom stereocenters. The van der Waals surface area contributed by atoms with Gasteiger partial charge in [-0.15, -0.1) is 0 Å². The van der Waals surface area contributed by atoms with Crippen molar-refractivity contribution in [3.63, 3.8) is 0 Å². The second-order valence-corrected chi connectivity index (χ2v) is 6.21. The molecule has 3 aromatic rings. The number of aromatic nitrogens is 1. The Morgan fingerprint density at radius 1 is 1.21 bits per heavy atom. The van der Waals surface area contributed by atoms with Crippen LogP contribution in [0.15, 0.2) is 58.2 Å². The molecule has 0 bridgehead atoms. The number of fused-ring (bicyclic) bond motifs is 2. The molecule has 6 nitrogen and oxygen atoms in total. The molecule has 0 fully saturated rings. The van der Waals surface area contributed by atoms with Gasteiger partial charge in [-0.05, 0) is 24.3 Å². The zero-order valence-corrected chi connectivity index (χ0v) is 13.4. The number of nitrogens with one attached hydrogen (secondary N) is 1. The van der Waals surface area contributed by atoms with E-state index in [1.54, 1.807) is 6.07 Å². The molecule has 0 saturated carbocycles. The fourth-order valence-electron chi connectivity index (χ4n) is 2.57. The average Bonchev–Trinajstić information content (AvgIpc) is 3.02. The molecule has 120 valence electrons. The standard InChI is InChI=1S/C17H13N3O3S/c21-15-9-20(13-7-3-1-5-11(13)18-15)16(22)10-24-17-19-12-6-2-4-8-14(12)23-17/h1-8H,9-10H2,(H,18,21). The fraction of sp³-hybridized carbons (Fsp3) is 0.118. The molecule has 2 heterocycles. The lowest BCUT2D eigenvalue weighted by Crippen LogP contribution is -2.43. The van der Waals surface area contributed by atoms with Crippen molar-refractivity contribution in [1.29, 1.82) is 0 Å². The Balaban J connectivity index is 1.51. The number of oxazole rings is 1. The SMILES string of the molecule is O=C1CN(C(=O)CSc2nc3ccccc3o2)c2ccccc2N1. The number of amides is 2. The van der Waals surface area contributed by atoms with Gasteiger partial charge in [-0.1, -0.05) is 36.0 Å². The van der Waals surface area contributed by atoms with Crippen molar-refractivity contribution < 1.29 is 14.0 Å². The maximum Gasteiger partial charge on any atom is 0.257 e. The fourth-order valence-corrected chi connectivity index (χ4v) is 3.28. The summed E-state index contributed by atoms with van der Waals surface area (Å²) in [5, 5.41) is 3.21. The Labute approximate surface area is 141 Å². The molecular formula is C17H13N3O3S. The van der Waals surface area contributed by atoms with Crippen LogP contribution in [0.4, 0.5) is 11.4 Å². The van der Waals surface area contributed by atoms with Crippen molar-refractivity contribution in [2.24, 2.45) is 0 Å². The quantitative estimate of drug-likeness (QED) is 0.743. The molecule has 24 heavy (non-hydrogen) atoms. The minimum absolute atomic E-state index is 0.0178. The predicted octanol–water partition coefficient (Wildman–Crippen LogP) is 2.91. The first-order valence-corrected chi connectivity index (χ1v) is 8.37. The molecule has 0 spiro atoms. The summed E-state index contributed by atoms with van der Waals surface area (Å²) in [6.07, 6.45) is 0. The third kappa shape index (κ3) is 2.74. The van der Waals surface area contributed by atoms with Gasteiger partial charge in [0, 0.05) is 0 Å². The van der Waals surface area contributed by atoms with Crippen LogP contribution in [0.2, 0.25) is 0 Å². The Bertz CT molecular complexity index is 904. The highest BCUT2D eigenvalue weighted by Crippen LogP contribution is 2.30. The smallest absolute Gasteiger partial charge is 0.257 e. The summed E-state index contributed by atoms with van der Waals surface area (Å²) in [4.78, 5) is 30.2. The van der Waals surface area contributed by atoms with Gasteiger partial charge in [0.25, 0.3) is 5.22 Å². The van der Waals surface area contributed by atoms with Crippen LogP contribution < -0.4 is 10.2 Å². The molecule has 0 atom stereocenters. The predicted molar refractivity (Wildman–Crippen MR) is 92.2 cm³/mol. The van der Waals surface area contributed by atoms with Gasteiger partial charge in [-0.3, -0.25) is 9.59 Å². The summed E-state index contributed by atoms with van der Waals surface area (Å²) in [6.45, 7) is 0.0178. The first-order chi connectivity index (χ1) is 11.7. The van der Waals surface area contributed by atoms with E-state index in [1.807, 2.05) is 42.5 Å². The van der Waals surface area contributed by atoms with Gasteiger partial charge in [0.1, 0.15) is 12.1 Å². The number of nitrogens with zero attached hydrogens (tertiary/aromatic N) is 2. The summed E-state index contributed by atoms with van der Waals surface area (Å²) in [7, 11) is 0. The van der Waals surface area contributed by atoms with E-state index in [0.717, 1.165) is 5.52 Å². The van der Waals surface area contributed by atoms with Crippen LogP contribution >= 0.6 is 11.8 Å². The number of benzene rings is 2. The molecule has 0 radical (unpaired) electrons. The Morgan fingerprint density at radius 3 is 2.88 bits per heavy atom. The van der Waals surface area contributed by atoms with Crippen LogP contribution in [-0.2, 0) is 9.59 Å². The largest absolute Gasteiger partial charge is 0.431 e. The lowest BCUT2D eigenvalue weighted by Gasteiger charge is -2.28. The van der Waals surface area contributed by atoms with E-state index in [4.69, 9.17) is 4.42 Å². The number of hydrogen-bond acceptors (Lipinski definition) is 5. The van der Waals surface area contributed by atoms with Gasteiger partial charge in [0.05, 0.1) is 17.1 Å². The summed E-state index contributed by atoms with van der Waals surface area (Å²) in [5.41, 5.74) is 2.81. The maximum absolute atomic E-state index is 12.6. The summed E-state index contributed by atoms with van der Waals surface area (Å²) >= 11 is 1.22. The minimum Gasteiger partial charge on any atom is -0.431 e. The highest BCUT2D eigenvalue weighted by Gasteiger charge is 2.26. The lowest BCUT2D eigenvalue weighted by atomic mass is 10.2. The third-order valence-electron chi connectivity index (χ3n) is 3.67. The number of para-hydroxylation sites is 4. The Hall–Kier alpha value is -2.80. The Kier molecular flexibility index (Phi) is 3.70. The topological polar surface area (TPSA) is 75.4 Å². The van der Waals surface area contributed by atoms with E-state index in [0.29, 0.717) is 22.2 Å². The molecule has 1 N–H and O–H groups in total. The van der Waals surface area contributed by atoms with E-state index >= 15 is 0 Å². The van der Waals surface area contributed by atoms with Gasteiger partial charge in [-0.25, -0.2) is 4.98 Å². The van der Waals surface area contributed by atoms with E-state index in [9.17, 15) is 9.59 Å². The van der Waals surface area contributed by atoms with Crippen LogP contribution in [0.5, 0.6) is 0 Å². The van der Waals surface area contributed by atoms with E-state index in [-0.39, 0.29) is 24.1 Å². The molecule has 0 aliphatic carbocycles. The van der Waals surface area contributed by atoms with Gasteiger partial charge in [0.2, 0.25) is 11.8 Å². The number of hydrogen-bond donors (Lipinski definition) is 1. The summed E-state index contributed by atoms with van der Waals surface area (Å²) < 4.78 is 5.60. The minimum atomic E-state index is -0.200. The highest BCUT2D eigenvalue weighted by atomic mass is 32.2. The molecule has 2 aromatic carbocycles. The van der Waals surface area contributed by atoms with Gasteiger partial charge < -0.3 is 14.6 Å². The number of rotatable bonds is 3. The highest BCUT2D eigenvalue weighted by molar-refractivity contribution is 7.99. The first-order valence-electron chi connectivity index (χ1n) is 7.38. The van der Waals surface area contributed by atoms with Crippen LogP contribution in [-0.4, -0.2) is 29.1 Å². The van der Waals surface area contributed by atoms with Gasteiger partial charge >= 0.3 is 0 Å². The van der Waals surface area contributed by atoms with Crippen molar-refractivity contribution in [3.8, 4) is 0 Å². The van der Waals surface area contributed by atoms with Gasteiger partial charge in [-0.2, -0.15) is 0 Å². The molecular weight excluding hydrogens is 326 g/mol. The van der Waals surface area contributed by atoms with E-state index in [2.05, 4.69) is 10.3 Å². The van der Waals surface area contributed by atoms with Crippen molar-refractivity contribution in [2.75, 3.05) is 22.5 Å². The van der Waals surface area contributed by atoms with E-state index in [1.165, 1.54) is 16.7 Å². The zero-order chi connectivity index (χ0) is 16.5. The van der Waals surface area contributed by atoms with Crippen LogP contribution in [0.25, 0.3) is 11.1 Å². The van der Waals surface area contributed by atoms with Crippen molar-refractivity contribution >= 4 is 46.1 Å². The normalized spacial score (nSPS) is 13.7. The van der Waals surface area contributed by atoms with E-state index < -0.39 is 0 Å². The number of thioether (sulfide) groups is 1. The van der Waals surface area contributed by atoms with Crippen LogP contribution in [0.3, 0.4) is 0 Å². The van der Waals surface area contributed by atoms with Crippen molar-refractivity contribution in [2.45, 2.75) is 5.22 Å².